The van der Waals surface area contributed by atoms with Gasteiger partial charge >= 0.3 is 12.5 Å². The predicted octanol–water partition coefficient (Wildman–Crippen LogP) is 6.66. The van der Waals surface area contributed by atoms with Gasteiger partial charge in [0.05, 0.1) is 6.54 Å². The molecule has 2 heterocycles. The second-order valence-corrected chi connectivity index (χ2v) is 9.34. The maximum Gasteiger partial charge on any atom is 0.573 e. The zero-order valence-electron chi connectivity index (χ0n) is 19.9. The fourth-order valence-electron chi connectivity index (χ4n) is 4.94. The van der Waals surface area contributed by atoms with Crippen LogP contribution in [0.4, 0.5) is 36.8 Å². The molecule has 0 bridgehead atoms. The molecule has 2 aliphatic rings. The van der Waals surface area contributed by atoms with Gasteiger partial charge in [-0.2, -0.15) is 0 Å². The molecule has 0 atom stereocenters. The minimum absolute atomic E-state index is 0.0786. The third kappa shape index (κ3) is 5.28. The second kappa shape index (κ2) is 9.86. The highest BCUT2D eigenvalue weighted by Gasteiger charge is 2.47. The molecular formula is C27H22F6N2O3. The van der Waals surface area contributed by atoms with E-state index in [0.717, 1.165) is 30.0 Å². The van der Waals surface area contributed by atoms with Crippen molar-refractivity contribution in [3.05, 3.63) is 83.7 Å². The number of carbonyl (C=O) groups is 1. The Hall–Kier alpha value is -3.73. The Morgan fingerprint density at radius 2 is 1.58 bits per heavy atom. The van der Waals surface area contributed by atoms with E-state index in [9.17, 15) is 31.1 Å². The molecule has 0 unspecified atom stereocenters. The quantitative estimate of drug-likeness (QED) is 0.270. The van der Waals surface area contributed by atoms with Gasteiger partial charge in [-0.25, -0.2) is 18.0 Å². The van der Waals surface area contributed by atoms with Gasteiger partial charge in [-0.1, -0.05) is 24.3 Å². The number of anilines is 1. The van der Waals surface area contributed by atoms with E-state index in [0.29, 0.717) is 32.5 Å². The van der Waals surface area contributed by atoms with Gasteiger partial charge in [-0.05, 0) is 47.5 Å². The number of amides is 1. The first-order valence-corrected chi connectivity index (χ1v) is 11.8. The van der Waals surface area contributed by atoms with E-state index in [-0.39, 0.29) is 23.2 Å². The summed E-state index contributed by atoms with van der Waals surface area (Å²) in [5.41, 5.74) is 0.0750. The molecule has 2 saturated heterocycles. The molecule has 0 radical (unpaired) electrons. The van der Waals surface area contributed by atoms with Crippen LogP contribution in [0.15, 0.2) is 60.7 Å². The zero-order valence-corrected chi connectivity index (χ0v) is 19.9. The van der Waals surface area contributed by atoms with E-state index >= 15 is 0 Å². The Bertz CT molecular complexity index is 1340. The number of benzene rings is 3. The summed E-state index contributed by atoms with van der Waals surface area (Å²) in [4.78, 5) is 16.0. The Labute approximate surface area is 214 Å². The largest absolute Gasteiger partial charge is 0.573 e. The van der Waals surface area contributed by atoms with E-state index in [1.807, 2.05) is 35.2 Å². The maximum atomic E-state index is 14.6. The average Bonchev–Trinajstić information content (AvgIpc) is 3.20. The molecule has 1 spiro atoms. The minimum Gasteiger partial charge on any atom is -0.441 e. The normalized spacial score (nSPS) is 17.6. The Morgan fingerprint density at radius 1 is 0.895 bits per heavy atom. The molecule has 5 nitrogen and oxygen atoms in total. The Kier molecular flexibility index (Phi) is 6.72. The molecule has 0 N–H and O–H groups in total. The van der Waals surface area contributed by atoms with Crippen LogP contribution in [-0.4, -0.2) is 42.6 Å². The van der Waals surface area contributed by atoms with E-state index in [1.54, 1.807) is 4.90 Å². The highest BCUT2D eigenvalue weighted by atomic mass is 19.4. The summed E-state index contributed by atoms with van der Waals surface area (Å²) in [6, 6.07) is 14.2. The van der Waals surface area contributed by atoms with Crippen LogP contribution in [0.5, 0.6) is 5.75 Å². The first-order chi connectivity index (χ1) is 18.0. The molecule has 2 aliphatic heterocycles. The summed E-state index contributed by atoms with van der Waals surface area (Å²) in [6.45, 7) is 1.30. The molecule has 5 rings (SSSR count). The summed E-state index contributed by atoms with van der Waals surface area (Å²) in [5.74, 6) is -5.00. The van der Waals surface area contributed by atoms with Crippen molar-refractivity contribution in [3.63, 3.8) is 0 Å². The van der Waals surface area contributed by atoms with Gasteiger partial charge in [0, 0.05) is 43.7 Å². The summed E-state index contributed by atoms with van der Waals surface area (Å²) in [7, 11) is 0. The van der Waals surface area contributed by atoms with E-state index in [4.69, 9.17) is 4.74 Å². The number of para-hydroxylation sites is 1. The van der Waals surface area contributed by atoms with Gasteiger partial charge < -0.3 is 9.47 Å². The van der Waals surface area contributed by atoms with Gasteiger partial charge in [-0.15, -0.1) is 13.2 Å². The van der Waals surface area contributed by atoms with Gasteiger partial charge in [0.2, 0.25) is 0 Å². The number of likely N-dealkylation sites (tertiary alicyclic amines) is 1. The van der Waals surface area contributed by atoms with Crippen LogP contribution in [-0.2, 0) is 11.3 Å². The number of ether oxygens (including phenoxy) is 2. The summed E-state index contributed by atoms with van der Waals surface area (Å²) >= 11 is 0. The van der Waals surface area contributed by atoms with Crippen molar-refractivity contribution in [2.24, 2.45) is 0 Å². The summed E-state index contributed by atoms with van der Waals surface area (Å²) in [5, 5.41) is 0. The van der Waals surface area contributed by atoms with Crippen molar-refractivity contribution in [3.8, 4) is 16.9 Å². The van der Waals surface area contributed by atoms with E-state index in [1.165, 1.54) is 6.07 Å². The number of piperidine rings is 1. The SMILES string of the molecule is O=C1OC2(CCN(Cc3cc(OC(F)(F)F)ccc3-c3ccc(F)c(F)c3F)CC2)CN1c1ccccc1. The molecule has 11 heteroatoms. The lowest BCUT2D eigenvalue weighted by molar-refractivity contribution is -0.274. The highest BCUT2D eigenvalue weighted by molar-refractivity contribution is 5.90. The Morgan fingerprint density at radius 3 is 2.26 bits per heavy atom. The molecule has 0 aliphatic carbocycles. The first-order valence-electron chi connectivity index (χ1n) is 11.8. The van der Waals surface area contributed by atoms with Crippen molar-refractivity contribution in [2.75, 3.05) is 24.5 Å². The average molecular weight is 536 g/mol. The van der Waals surface area contributed by atoms with Crippen molar-refractivity contribution in [1.29, 1.82) is 0 Å². The first kappa shape index (κ1) is 25.9. The maximum absolute atomic E-state index is 14.6. The van der Waals surface area contributed by atoms with Crippen LogP contribution < -0.4 is 9.64 Å². The van der Waals surface area contributed by atoms with Crippen molar-refractivity contribution in [1.82, 2.24) is 4.90 Å². The van der Waals surface area contributed by atoms with Gasteiger partial charge in [-0.3, -0.25) is 9.80 Å². The fraction of sp³-hybridized carbons (Fsp3) is 0.296. The monoisotopic (exact) mass is 536 g/mol. The second-order valence-electron chi connectivity index (χ2n) is 9.34. The zero-order chi connectivity index (χ0) is 27.1. The Balaban J connectivity index is 1.36. The number of rotatable bonds is 5. The highest BCUT2D eigenvalue weighted by Crippen LogP contribution is 2.38. The lowest BCUT2D eigenvalue weighted by atomic mass is 9.90. The number of nitrogens with zero attached hydrogens (tertiary/aromatic N) is 2. The smallest absolute Gasteiger partial charge is 0.441 e. The molecule has 3 aromatic carbocycles. The number of carbonyl (C=O) groups excluding carboxylic acids is 1. The molecular weight excluding hydrogens is 514 g/mol. The van der Waals surface area contributed by atoms with Crippen molar-refractivity contribution < 1.29 is 40.6 Å². The lowest BCUT2D eigenvalue weighted by Gasteiger charge is -2.37. The number of hydrogen-bond donors (Lipinski definition) is 0. The lowest BCUT2D eigenvalue weighted by Crippen LogP contribution is -2.46. The molecule has 0 saturated carbocycles. The van der Waals surface area contributed by atoms with Crippen LogP contribution in [0.3, 0.4) is 0 Å². The van der Waals surface area contributed by atoms with Crippen LogP contribution >= 0.6 is 0 Å². The topological polar surface area (TPSA) is 42.0 Å². The number of halogens is 6. The fourth-order valence-corrected chi connectivity index (χ4v) is 4.94. The van der Waals surface area contributed by atoms with E-state index < -0.39 is 41.3 Å². The summed E-state index contributed by atoms with van der Waals surface area (Å²) < 4.78 is 90.3. The number of hydrogen-bond acceptors (Lipinski definition) is 4. The predicted molar refractivity (Wildman–Crippen MR) is 126 cm³/mol. The van der Waals surface area contributed by atoms with Crippen molar-refractivity contribution in [2.45, 2.75) is 31.3 Å². The van der Waals surface area contributed by atoms with Gasteiger partial charge in [0.1, 0.15) is 11.4 Å². The minimum atomic E-state index is -4.94. The third-order valence-electron chi connectivity index (χ3n) is 6.84. The van der Waals surface area contributed by atoms with Crippen LogP contribution in [0.2, 0.25) is 0 Å². The molecule has 0 aromatic heterocycles. The standard InChI is InChI=1S/C27H22F6N2O3/c28-22-9-8-21(23(29)24(22)30)20-7-6-19(37-27(31,32)33)14-17(20)15-34-12-10-26(11-13-34)16-35(25(36)38-26)18-4-2-1-3-5-18/h1-9,14H,10-13,15-16H2. The number of alkyl halides is 3. The molecule has 3 aromatic rings. The molecule has 200 valence electrons. The molecule has 38 heavy (non-hydrogen) atoms. The van der Waals surface area contributed by atoms with Crippen molar-refractivity contribution >= 4 is 11.8 Å². The van der Waals surface area contributed by atoms with Gasteiger partial charge in [0.25, 0.3) is 0 Å². The molecule has 1 amide bonds. The molecule has 2 fully saturated rings. The van der Waals surface area contributed by atoms with Gasteiger partial charge in [0.15, 0.2) is 17.5 Å². The van der Waals surface area contributed by atoms with Crippen LogP contribution in [0, 0.1) is 17.5 Å². The summed E-state index contributed by atoms with van der Waals surface area (Å²) in [6.07, 6.45) is -4.45. The van der Waals surface area contributed by atoms with E-state index in [2.05, 4.69) is 4.74 Å². The van der Waals surface area contributed by atoms with Crippen LogP contribution in [0.1, 0.15) is 18.4 Å². The van der Waals surface area contributed by atoms with Crippen LogP contribution in [0.25, 0.3) is 11.1 Å². The third-order valence-corrected chi connectivity index (χ3v) is 6.84.